The van der Waals surface area contributed by atoms with Crippen molar-refractivity contribution in [2.24, 2.45) is 5.41 Å². The van der Waals surface area contributed by atoms with E-state index in [1.165, 1.54) is 38.5 Å². The molecule has 1 heterocycles. The van der Waals surface area contributed by atoms with E-state index >= 15 is 0 Å². The molecule has 1 aliphatic rings. The van der Waals surface area contributed by atoms with Gasteiger partial charge in [-0.25, -0.2) is 9.97 Å². The van der Waals surface area contributed by atoms with E-state index < -0.39 is 0 Å². The second-order valence-electron chi connectivity index (χ2n) is 5.63. The molecular formula is C15H22N4. The van der Waals surface area contributed by atoms with E-state index in [1.807, 2.05) is 12.1 Å². The summed E-state index contributed by atoms with van der Waals surface area (Å²) in [5.74, 6) is 1.01. The van der Waals surface area contributed by atoms with Crippen molar-refractivity contribution in [1.29, 1.82) is 5.26 Å². The van der Waals surface area contributed by atoms with Gasteiger partial charge in [0.15, 0.2) is 0 Å². The van der Waals surface area contributed by atoms with Crippen LogP contribution >= 0.6 is 0 Å². The molecule has 0 saturated heterocycles. The summed E-state index contributed by atoms with van der Waals surface area (Å²) in [4.78, 5) is 8.05. The highest BCUT2D eigenvalue weighted by molar-refractivity contribution is 5.37. The first-order chi connectivity index (χ1) is 9.21. The molecule has 1 saturated carbocycles. The minimum absolute atomic E-state index is 0.234. The lowest BCUT2D eigenvalue weighted by Gasteiger charge is -2.48. The van der Waals surface area contributed by atoms with Gasteiger partial charge in [-0.3, -0.25) is 0 Å². The number of hydrogen-bond donors (Lipinski definition) is 1. The van der Waals surface area contributed by atoms with Crippen molar-refractivity contribution in [2.45, 2.75) is 58.4 Å². The zero-order valence-electron chi connectivity index (χ0n) is 11.8. The van der Waals surface area contributed by atoms with E-state index in [2.05, 4.69) is 29.1 Å². The molecule has 1 fully saturated rings. The van der Waals surface area contributed by atoms with Crippen LogP contribution in [0, 0.1) is 16.7 Å². The third-order valence-electron chi connectivity index (χ3n) is 4.03. The van der Waals surface area contributed by atoms with E-state index in [-0.39, 0.29) is 5.82 Å². The van der Waals surface area contributed by atoms with E-state index in [9.17, 15) is 0 Å². The average Bonchev–Trinajstić information content (AvgIpc) is 2.37. The Bertz CT molecular complexity index is 449. The Balaban J connectivity index is 1.91. The maximum absolute atomic E-state index is 8.79. The van der Waals surface area contributed by atoms with Crippen LogP contribution in [-0.2, 0) is 0 Å². The lowest BCUT2D eigenvalue weighted by molar-refractivity contribution is 0.0875. The van der Waals surface area contributed by atoms with Gasteiger partial charge in [0.2, 0.25) is 5.82 Å². The Labute approximate surface area is 115 Å². The summed E-state index contributed by atoms with van der Waals surface area (Å²) in [5.41, 5.74) is 0.548. The maximum Gasteiger partial charge on any atom is 0.234 e. The number of nitrogens with one attached hydrogen (secondary N) is 1. The Morgan fingerprint density at radius 2 is 2.05 bits per heavy atom. The van der Waals surface area contributed by atoms with Gasteiger partial charge in [-0.2, -0.15) is 5.26 Å². The van der Waals surface area contributed by atoms with Crippen LogP contribution in [0.1, 0.15) is 58.2 Å². The Kier molecular flexibility index (Phi) is 4.36. The molecule has 102 valence electrons. The Morgan fingerprint density at radius 1 is 1.37 bits per heavy atom. The van der Waals surface area contributed by atoms with Crippen molar-refractivity contribution in [1.82, 2.24) is 9.97 Å². The molecule has 0 aromatic carbocycles. The number of rotatable bonds is 6. The van der Waals surface area contributed by atoms with Crippen LogP contribution in [0.5, 0.6) is 0 Å². The fourth-order valence-electron chi connectivity index (χ4n) is 3.38. The van der Waals surface area contributed by atoms with Crippen molar-refractivity contribution in [3.63, 3.8) is 0 Å². The van der Waals surface area contributed by atoms with Gasteiger partial charge < -0.3 is 5.32 Å². The van der Waals surface area contributed by atoms with Crippen LogP contribution in [0.3, 0.4) is 0 Å². The van der Waals surface area contributed by atoms with Crippen LogP contribution in [-0.4, -0.2) is 16.0 Å². The quantitative estimate of drug-likeness (QED) is 0.848. The van der Waals surface area contributed by atoms with Gasteiger partial charge in [-0.15, -0.1) is 0 Å². The normalized spacial score (nSPS) is 17.5. The van der Waals surface area contributed by atoms with E-state index in [4.69, 9.17) is 5.26 Å². The zero-order valence-corrected chi connectivity index (χ0v) is 11.8. The molecule has 1 aromatic heterocycles. The lowest BCUT2D eigenvalue weighted by atomic mass is 9.61. The summed E-state index contributed by atoms with van der Waals surface area (Å²) in [7, 11) is 0. The molecule has 0 bridgehead atoms. The molecule has 1 aromatic rings. The van der Waals surface area contributed by atoms with Crippen LogP contribution in [0.15, 0.2) is 12.3 Å². The molecule has 1 aliphatic carbocycles. The summed E-state index contributed by atoms with van der Waals surface area (Å²) in [6.45, 7) is 4.53. The molecule has 0 spiro atoms. The maximum atomic E-state index is 8.79. The predicted octanol–water partition coefficient (Wildman–Crippen LogP) is 3.51. The van der Waals surface area contributed by atoms with Gasteiger partial charge in [0, 0.05) is 12.2 Å². The second-order valence-corrected chi connectivity index (χ2v) is 5.63. The van der Waals surface area contributed by atoms with E-state index in [1.54, 1.807) is 6.20 Å². The van der Waals surface area contributed by atoms with Crippen molar-refractivity contribution >= 4 is 5.82 Å². The fraction of sp³-hybridized carbons (Fsp3) is 0.667. The van der Waals surface area contributed by atoms with Gasteiger partial charge in [0.05, 0.1) is 0 Å². The van der Waals surface area contributed by atoms with E-state index in [0.717, 1.165) is 5.82 Å². The molecule has 0 atom stereocenters. The Hall–Kier alpha value is -1.63. The van der Waals surface area contributed by atoms with Gasteiger partial charge in [-0.05, 0) is 37.2 Å². The summed E-state index contributed by atoms with van der Waals surface area (Å²) >= 11 is 0. The number of nitriles is 1. The highest BCUT2D eigenvalue weighted by atomic mass is 15.1. The third-order valence-corrected chi connectivity index (χ3v) is 4.03. The number of anilines is 1. The highest BCUT2D eigenvalue weighted by Gasteiger charge is 2.42. The molecule has 0 aliphatic heterocycles. The monoisotopic (exact) mass is 258 g/mol. The first kappa shape index (κ1) is 13.8. The molecule has 1 N–H and O–H groups in total. The number of hydrogen-bond acceptors (Lipinski definition) is 4. The van der Waals surface area contributed by atoms with Crippen LogP contribution in [0.2, 0.25) is 0 Å². The zero-order chi connectivity index (χ0) is 13.7. The first-order valence-corrected chi connectivity index (χ1v) is 7.21. The summed E-state index contributed by atoms with van der Waals surface area (Å²) in [6, 6.07) is 4.30. The van der Waals surface area contributed by atoms with Gasteiger partial charge in [0.1, 0.15) is 11.9 Å². The second kappa shape index (κ2) is 6.01. The smallest absolute Gasteiger partial charge is 0.234 e. The van der Waals surface area contributed by atoms with Gasteiger partial charge in [0.25, 0.3) is 0 Å². The summed E-state index contributed by atoms with van der Waals surface area (Å²) < 4.78 is 0. The highest BCUT2D eigenvalue weighted by Crippen LogP contribution is 2.49. The van der Waals surface area contributed by atoms with Gasteiger partial charge >= 0.3 is 0 Å². The van der Waals surface area contributed by atoms with Crippen LogP contribution in [0.4, 0.5) is 5.82 Å². The van der Waals surface area contributed by atoms with Crippen LogP contribution in [0.25, 0.3) is 0 Å². The molecule has 2 rings (SSSR count). The predicted molar refractivity (Wildman–Crippen MR) is 75.6 cm³/mol. The standard InChI is InChI=1S/C15H22N4/c1-3-6-15(7-4-2)9-12(10-15)18-13-5-8-17-14(11-16)19-13/h5,8,12H,3-4,6-7,9-10H2,1-2H3,(H,17,18,19). The average molecular weight is 258 g/mol. The van der Waals surface area contributed by atoms with Crippen LogP contribution < -0.4 is 5.32 Å². The van der Waals surface area contributed by atoms with Crippen molar-refractivity contribution in [3.8, 4) is 6.07 Å². The topological polar surface area (TPSA) is 61.6 Å². The molecule has 19 heavy (non-hydrogen) atoms. The third kappa shape index (κ3) is 3.23. The molecule has 0 amide bonds. The van der Waals surface area contributed by atoms with Gasteiger partial charge in [-0.1, -0.05) is 26.7 Å². The molecular weight excluding hydrogens is 236 g/mol. The van der Waals surface area contributed by atoms with Crippen molar-refractivity contribution < 1.29 is 0 Å². The molecule has 4 heteroatoms. The largest absolute Gasteiger partial charge is 0.367 e. The molecule has 0 radical (unpaired) electrons. The summed E-state index contributed by atoms with van der Waals surface area (Å²) in [6.07, 6.45) is 9.26. The molecule has 4 nitrogen and oxygen atoms in total. The lowest BCUT2D eigenvalue weighted by Crippen LogP contribution is -2.45. The number of aromatic nitrogens is 2. The number of nitrogens with zero attached hydrogens (tertiary/aromatic N) is 3. The minimum atomic E-state index is 0.234. The fourth-order valence-corrected chi connectivity index (χ4v) is 3.38. The Morgan fingerprint density at radius 3 is 2.63 bits per heavy atom. The van der Waals surface area contributed by atoms with Crippen molar-refractivity contribution in [3.05, 3.63) is 18.1 Å². The van der Waals surface area contributed by atoms with Crippen molar-refractivity contribution in [2.75, 3.05) is 5.32 Å². The SMILES string of the molecule is CCCC1(CCC)CC(Nc2ccnc(C#N)n2)C1. The minimum Gasteiger partial charge on any atom is -0.367 e. The molecule has 0 unspecified atom stereocenters. The first-order valence-electron chi connectivity index (χ1n) is 7.21. The van der Waals surface area contributed by atoms with E-state index in [0.29, 0.717) is 11.5 Å². The summed E-state index contributed by atoms with van der Waals surface area (Å²) in [5, 5.41) is 12.2.